The maximum atomic E-state index is 12.9. The first-order chi connectivity index (χ1) is 7.17. The zero-order valence-corrected chi connectivity index (χ0v) is 8.37. The number of carbonyl (C=O) groups excluding carboxylic acids is 1. The van der Waals surface area contributed by atoms with Crippen molar-refractivity contribution in [1.29, 1.82) is 0 Å². The lowest BCUT2D eigenvalue weighted by Crippen LogP contribution is -2.00. The third-order valence-electron chi connectivity index (χ3n) is 1.93. The molecule has 1 aromatic carbocycles. The first-order valence-corrected chi connectivity index (χ1v) is 4.42. The molecule has 0 amide bonds. The topological polar surface area (TPSA) is 52.3 Å². The number of halogens is 1. The second-order valence-corrected chi connectivity index (χ2v) is 2.90. The Bertz CT molecular complexity index is 388. The van der Waals surface area contributed by atoms with Crippen LogP contribution in [0.25, 0.3) is 6.08 Å². The lowest BCUT2D eigenvalue weighted by atomic mass is 10.1. The van der Waals surface area contributed by atoms with Gasteiger partial charge in [-0.1, -0.05) is 6.07 Å². The summed E-state index contributed by atoms with van der Waals surface area (Å²) in [6, 6.07) is 4.24. The molecule has 0 aromatic heterocycles. The van der Waals surface area contributed by atoms with Crippen LogP contribution in [0.2, 0.25) is 0 Å². The maximum Gasteiger partial charge on any atom is 0.330 e. The van der Waals surface area contributed by atoms with Crippen molar-refractivity contribution in [3.05, 3.63) is 41.2 Å². The Hall–Kier alpha value is -1.68. The van der Waals surface area contributed by atoms with Crippen molar-refractivity contribution in [3.63, 3.8) is 0 Å². The molecule has 3 nitrogen and oxygen atoms in total. The van der Waals surface area contributed by atoms with Gasteiger partial charge in [-0.2, -0.15) is 0 Å². The number of hydrogen-bond acceptors (Lipinski definition) is 3. The summed E-state index contributed by atoms with van der Waals surface area (Å²) in [7, 11) is 1.28. The van der Waals surface area contributed by atoms with E-state index >= 15 is 0 Å². The van der Waals surface area contributed by atoms with Crippen LogP contribution in [0.3, 0.4) is 0 Å². The van der Waals surface area contributed by atoms with Crippen molar-refractivity contribution < 1.29 is 13.9 Å². The zero-order chi connectivity index (χ0) is 11.3. The summed E-state index contributed by atoms with van der Waals surface area (Å²) in [6.07, 6.45) is 2.71. The van der Waals surface area contributed by atoms with E-state index < -0.39 is 5.97 Å². The molecular formula is C11H12FNO2. The van der Waals surface area contributed by atoms with Crippen LogP contribution in [0.5, 0.6) is 0 Å². The first kappa shape index (κ1) is 11.4. The quantitative estimate of drug-likeness (QED) is 0.605. The number of nitrogens with two attached hydrogens (primary N) is 1. The van der Waals surface area contributed by atoms with Crippen LogP contribution in [0.4, 0.5) is 4.39 Å². The minimum atomic E-state index is -0.484. The summed E-state index contributed by atoms with van der Waals surface area (Å²) in [4.78, 5) is 10.8. The highest BCUT2D eigenvalue weighted by atomic mass is 19.1. The molecule has 0 atom stereocenters. The molecule has 0 aliphatic heterocycles. The molecule has 0 spiro atoms. The molecule has 1 aromatic rings. The van der Waals surface area contributed by atoms with Crippen LogP contribution in [0, 0.1) is 5.82 Å². The lowest BCUT2D eigenvalue weighted by molar-refractivity contribution is -0.134. The molecule has 0 unspecified atom stereocenters. The van der Waals surface area contributed by atoms with E-state index in [1.165, 1.54) is 31.4 Å². The average molecular weight is 209 g/mol. The summed E-state index contributed by atoms with van der Waals surface area (Å²) in [5.41, 5.74) is 6.83. The Morgan fingerprint density at radius 2 is 2.33 bits per heavy atom. The van der Waals surface area contributed by atoms with E-state index in [0.29, 0.717) is 12.1 Å². The molecule has 0 heterocycles. The predicted octanol–water partition coefficient (Wildman–Crippen LogP) is 1.47. The first-order valence-electron chi connectivity index (χ1n) is 4.42. The SMILES string of the molecule is COC(=O)C=Cc1cc(F)ccc1CN. The van der Waals surface area contributed by atoms with Crippen LogP contribution in [0.15, 0.2) is 24.3 Å². The number of rotatable bonds is 3. The van der Waals surface area contributed by atoms with E-state index in [0.717, 1.165) is 5.56 Å². The Balaban J connectivity index is 2.96. The summed E-state index contributed by atoms with van der Waals surface area (Å²) >= 11 is 0. The van der Waals surface area contributed by atoms with Gasteiger partial charge in [-0.05, 0) is 29.3 Å². The highest BCUT2D eigenvalue weighted by molar-refractivity contribution is 5.87. The molecule has 0 bridgehead atoms. The largest absolute Gasteiger partial charge is 0.466 e. The summed E-state index contributed by atoms with van der Waals surface area (Å²) in [5.74, 6) is -0.848. The third kappa shape index (κ3) is 3.18. The summed E-state index contributed by atoms with van der Waals surface area (Å²) < 4.78 is 17.3. The maximum absolute atomic E-state index is 12.9. The van der Waals surface area contributed by atoms with Gasteiger partial charge in [-0.25, -0.2) is 9.18 Å². The summed E-state index contributed by atoms with van der Waals surface area (Å²) in [5, 5.41) is 0. The highest BCUT2D eigenvalue weighted by Crippen LogP contribution is 2.12. The normalized spacial score (nSPS) is 10.6. The molecule has 0 fully saturated rings. The Morgan fingerprint density at radius 3 is 2.93 bits per heavy atom. The second kappa shape index (κ2) is 5.26. The van der Waals surface area contributed by atoms with Crippen molar-refractivity contribution in [2.45, 2.75) is 6.54 Å². The van der Waals surface area contributed by atoms with Crippen LogP contribution < -0.4 is 5.73 Å². The number of ether oxygens (including phenoxy) is 1. The molecule has 0 radical (unpaired) electrons. The van der Waals surface area contributed by atoms with Gasteiger partial charge in [0, 0.05) is 12.6 Å². The van der Waals surface area contributed by atoms with Crippen LogP contribution in [-0.2, 0) is 16.1 Å². The molecule has 15 heavy (non-hydrogen) atoms. The number of esters is 1. The molecule has 2 N–H and O–H groups in total. The van der Waals surface area contributed by atoms with E-state index in [4.69, 9.17) is 5.73 Å². The van der Waals surface area contributed by atoms with Gasteiger partial charge < -0.3 is 10.5 Å². The highest BCUT2D eigenvalue weighted by Gasteiger charge is 2.00. The van der Waals surface area contributed by atoms with Gasteiger partial charge in [0.05, 0.1) is 7.11 Å². The fraction of sp³-hybridized carbons (Fsp3) is 0.182. The van der Waals surface area contributed by atoms with Crippen molar-refractivity contribution in [2.75, 3.05) is 7.11 Å². The van der Waals surface area contributed by atoms with Gasteiger partial charge in [0.2, 0.25) is 0 Å². The zero-order valence-electron chi connectivity index (χ0n) is 8.37. The standard InChI is InChI=1S/C11H12FNO2/c1-15-11(14)5-3-8-6-10(12)4-2-9(8)7-13/h2-6H,7,13H2,1H3. The van der Waals surface area contributed by atoms with Crippen molar-refractivity contribution in [2.24, 2.45) is 5.73 Å². The monoisotopic (exact) mass is 209 g/mol. The molecular weight excluding hydrogens is 197 g/mol. The smallest absolute Gasteiger partial charge is 0.330 e. The van der Waals surface area contributed by atoms with E-state index in [2.05, 4.69) is 4.74 Å². The number of hydrogen-bond donors (Lipinski definition) is 1. The number of benzene rings is 1. The van der Waals surface area contributed by atoms with Gasteiger partial charge in [0.1, 0.15) is 5.82 Å². The summed E-state index contributed by atoms with van der Waals surface area (Å²) in [6.45, 7) is 0.293. The Kier molecular flexibility index (Phi) is 4.00. The van der Waals surface area contributed by atoms with Crippen LogP contribution in [-0.4, -0.2) is 13.1 Å². The van der Waals surface area contributed by atoms with Crippen molar-refractivity contribution >= 4 is 12.0 Å². The van der Waals surface area contributed by atoms with Gasteiger partial charge >= 0.3 is 5.97 Å². The predicted molar refractivity (Wildman–Crippen MR) is 55.3 cm³/mol. The lowest BCUT2D eigenvalue weighted by Gasteiger charge is -2.02. The molecule has 0 saturated heterocycles. The Morgan fingerprint density at radius 1 is 1.60 bits per heavy atom. The van der Waals surface area contributed by atoms with E-state index in [1.807, 2.05) is 0 Å². The van der Waals surface area contributed by atoms with Crippen molar-refractivity contribution in [3.8, 4) is 0 Å². The molecule has 0 aliphatic carbocycles. The molecule has 1 rings (SSSR count). The van der Waals surface area contributed by atoms with E-state index in [1.54, 1.807) is 6.07 Å². The average Bonchev–Trinajstić information content (AvgIpc) is 2.26. The van der Waals surface area contributed by atoms with Crippen LogP contribution in [0.1, 0.15) is 11.1 Å². The minimum absolute atomic E-state index is 0.293. The minimum Gasteiger partial charge on any atom is -0.466 e. The fourth-order valence-electron chi connectivity index (χ4n) is 1.13. The molecule has 4 heteroatoms. The van der Waals surface area contributed by atoms with Gasteiger partial charge in [-0.3, -0.25) is 0 Å². The third-order valence-corrected chi connectivity index (χ3v) is 1.93. The second-order valence-electron chi connectivity index (χ2n) is 2.90. The molecule has 80 valence electrons. The van der Waals surface area contributed by atoms with E-state index in [-0.39, 0.29) is 5.82 Å². The van der Waals surface area contributed by atoms with Gasteiger partial charge in [0.15, 0.2) is 0 Å². The van der Waals surface area contributed by atoms with Crippen LogP contribution >= 0.6 is 0 Å². The molecule has 0 saturated carbocycles. The number of carbonyl (C=O) groups is 1. The van der Waals surface area contributed by atoms with Gasteiger partial charge in [0.25, 0.3) is 0 Å². The van der Waals surface area contributed by atoms with Gasteiger partial charge in [-0.15, -0.1) is 0 Å². The fourth-order valence-corrected chi connectivity index (χ4v) is 1.13. The van der Waals surface area contributed by atoms with Crippen molar-refractivity contribution in [1.82, 2.24) is 0 Å². The van der Waals surface area contributed by atoms with E-state index in [9.17, 15) is 9.18 Å². The Labute approximate surface area is 87.3 Å². The number of methoxy groups -OCH3 is 1. The molecule has 0 aliphatic rings.